The summed E-state index contributed by atoms with van der Waals surface area (Å²) < 4.78 is 5.89. The number of hydrogen-bond donors (Lipinski definition) is 0. The van der Waals surface area contributed by atoms with E-state index in [-0.39, 0.29) is 0 Å². The predicted octanol–water partition coefficient (Wildman–Crippen LogP) is 2.75. The molecule has 1 spiro atoms. The summed E-state index contributed by atoms with van der Waals surface area (Å²) in [6.07, 6.45) is 8.16. The van der Waals surface area contributed by atoms with E-state index in [9.17, 15) is 0 Å². The van der Waals surface area contributed by atoms with E-state index in [4.69, 9.17) is 4.74 Å². The molecule has 1 atom stereocenters. The van der Waals surface area contributed by atoms with Crippen molar-refractivity contribution < 1.29 is 4.74 Å². The minimum Gasteiger partial charge on any atom is -0.375 e. The lowest BCUT2D eigenvalue weighted by Gasteiger charge is -2.36. The lowest BCUT2D eigenvalue weighted by molar-refractivity contribution is -0.0458. The van der Waals surface area contributed by atoms with Gasteiger partial charge >= 0.3 is 0 Å². The summed E-state index contributed by atoms with van der Waals surface area (Å²) in [5.74, 6) is 0.822. The van der Waals surface area contributed by atoms with Gasteiger partial charge in [0.2, 0.25) is 0 Å². The average Bonchev–Trinajstić information content (AvgIpc) is 2.36. The molecular weight excluding hydrogens is 136 g/mol. The van der Waals surface area contributed by atoms with Crippen LogP contribution in [-0.2, 0) is 4.74 Å². The van der Waals surface area contributed by atoms with Crippen LogP contribution in [0.25, 0.3) is 0 Å². The van der Waals surface area contributed by atoms with Gasteiger partial charge in [-0.1, -0.05) is 26.2 Å². The van der Waals surface area contributed by atoms with Gasteiger partial charge in [-0.15, -0.1) is 0 Å². The molecule has 1 saturated carbocycles. The maximum absolute atomic E-state index is 5.89. The molecule has 1 aliphatic heterocycles. The van der Waals surface area contributed by atoms with Crippen molar-refractivity contribution in [3.63, 3.8) is 0 Å². The molecule has 2 aliphatic rings. The van der Waals surface area contributed by atoms with Crippen LogP contribution in [0.3, 0.4) is 0 Å². The van der Waals surface area contributed by atoms with Crippen LogP contribution in [0.2, 0.25) is 0 Å². The highest BCUT2D eigenvalue weighted by Gasteiger charge is 2.41. The maximum Gasteiger partial charge on any atom is 0.0708 e. The topological polar surface area (TPSA) is 9.23 Å². The van der Waals surface area contributed by atoms with Gasteiger partial charge in [0.25, 0.3) is 0 Å². The molecule has 0 aromatic carbocycles. The molecule has 1 heterocycles. The standard InChI is InChI=1S/C10H18O/c1-9-5-8-11-10(9)6-3-2-4-7-10/h9H,2-8H2,1H3. The average molecular weight is 154 g/mol. The second-order valence-electron chi connectivity index (χ2n) is 4.16. The van der Waals surface area contributed by atoms with E-state index in [1.807, 2.05) is 0 Å². The van der Waals surface area contributed by atoms with Gasteiger partial charge in [0.1, 0.15) is 0 Å². The van der Waals surface area contributed by atoms with Gasteiger partial charge < -0.3 is 4.74 Å². The SMILES string of the molecule is CC1CCOC12CCCCC2. The van der Waals surface area contributed by atoms with E-state index in [0.717, 1.165) is 12.5 Å². The van der Waals surface area contributed by atoms with Crippen LogP contribution >= 0.6 is 0 Å². The Morgan fingerprint density at radius 2 is 1.91 bits per heavy atom. The van der Waals surface area contributed by atoms with E-state index >= 15 is 0 Å². The zero-order chi connectivity index (χ0) is 7.73. The number of rotatable bonds is 0. The van der Waals surface area contributed by atoms with Crippen molar-refractivity contribution in [2.45, 2.75) is 51.0 Å². The van der Waals surface area contributed by atoms with E-state index in [1.54, 1.807) is 0 Å². The molecule has 2 fully saturated rings. The monoisotopic (exact) mass is 154 g/mol. The van der Waals surface area contributed by atoms with Gasteiger partial charge in [0.15, 0.2) is 0 Å². The van der Waals surface area contributed by atoms with Gasteiger partial charge in [-0.05, 0) is 25.2 Å². The first-order valence-electron chi connectivity index (χ1n) is 4.97. The Morgan fingerprint density at radius 3 is 2.45 bits per heavy atom. The summed E-state index contributed by atoms with van der Waals surface area (Å²) in [6.45, 7) is 3.37. The fourth-order valence-electron chi connectivity index (χ4n) is 2.63. The second-order valence-corrected chi connectivity index (χ2v) is 4.16. The van der Waals surface area contributed by atoms with Crippen LogP contribution in [0.4, 0.5) is 0 Å². The van der Waals surface area contributed by atoms with Crippen LogP contribution in [-0.4, -0.2) is 12.2 Å². The van der Waals surface area contributed by atoms with E-state index < -0.39 is 0 Å². The van der Waals surface area contributed by atoms with Gasteiger partial charge in [-0.3, -0.25) is 0 Å². The molecular formula is C10H18O. The second kappa shape index (κ2) is 2.78. The van der Waals surface area contributed by atoms with E-state index in [1.165, 1.54) is 38.5 Å². The Bertz CT molecular complexity index is 136. The Hall–Kier alpha value is -0.0400. The molecule has 1 saturated heterocycles. The summed E-state index contributed by atoms with van der Waals surface area (Å²) >= 11 is 0. The first kappa shape index (κ1) is 7.60. The summed E-state index contributed by atoms with van der Waals surface area (Å²) in [5.41, 5.74) is 0.332. The van der Waals surface area contributed by atoms with Crippen molar-refractivity contribution in [3.8, 4) is 0 Å². The normalized spacial score (nSPS) is 36.3. The summed E-state index contributed by atoms with van der Waals surface area (Å²) in [5, 5.41) is 0. The molecule has 0 radical (unpaired) electrons. The Labute approximate surface area is 69.1 Å². The molecule has 0 aromatic rings. The van der Waals surface area contributed by atoms with Crippen LogP contribution in [0.5, 0.6) is 0 Å². The molecule has 0 N–H and O–H groups in total. The Balaban J connectivity index is 2.06. The molecule has 1 nitrogen and oxygen atoms in total. The van der Waals surface area contributed by atoms with Crippen molar-refractivity contribution in [1.82, 2.24) is 0 Å². The van der Waals surface area contributed by atoms with Gasteiger partial charge in [0.05, 0.1) is 5.60 Å². The highest BCUT2D eigenvalue weighted by atomic mass is 16.5. The van der Waals surface area contributed by atoms with Crippen LogP contribution in [0, 0.1) is 5.92 Å². The largest absolute Gasteiger partial charge is 0.375 e. The summed E-state index contributed by atoms with van der Waals surface area (Å²) in [4.78, 5) is 0. The van der Waals surface area contributed by atoms with Crippen molar-refractivity contribution in [2.24, 2.45) is 5.92 Å². The molecule has 2 rings (SSSR count). The molecule has 0 amide bonds. The quantitative estimate of drug-likeness (QED) is 0.521. The van der Waals surface area contributed by atoms with Crippen molar-refractivity contribution in [3.05, 3.63) is 0 Å². The first-order chi connectivity index (χ1) is 5.33. The highest BCUT2D eigenvalue weighted by Crippen LogP contribution is 2.42. The van der Waals surface area contributed by atoms with Crippen LogP contribution in [0.15, 0.2) is 0 Å². The van der Waals surface area contributed by atoms with Gasteiger partial charge in [0, 0.05) is 6.61 Å². The molecule has 1 unspecified atom stereocenters. The molecule has 0 aromatic heterocycles. The van der Waals surface area contributed by atoms with Gasteiger partial charge in [-0.2, -0.15) is 0 Å². The number of ether oxygens (including phenoxy) is 1. The van der Waals surface area contributed by atoms with E-state index in [0.29, 0.717) is 5.60 Å². The molecule has 1 aliphatic carbocycles. The van der Waals surface area contributed by atoms with Crippen molar-refractivity contribution in [2.75, 3.05) is 6.61 Å². The number of hydrogen-bond acceptors (Lipinski definition) is 1. The third kappa shape index (κ3) is 1.20. The summed E-state index contributed by atoms with van der Waals surface area (Å²) in [7, 11) is 0. The molecule has 11 heavy (non-hydrogen) atoms. The van der Waals surface area contributed by atoms with Crippen LogP contribution in [0.1, 0.15) is 45.4 Å². The zero-order valence-electron chi connectivity index (χ0n) is 7.44. The smallest absolute Gasteiger partial charge is 0.0708 e. The van der Waals surface area contributed by atoms with Crippen LogP contribution < -0.4 is 0 Å². The fraction of sp³-hybridized carbons (Fsp3) is 1.00. The van der Waals surface area contributed by atoms with Crippen molar-refractivity contribution in [1.29, 1.82) is 0 Å². The fourth-order valence-corrected chi connectivity index (χ4v) is 2.63. The predicted molar refractivity (Wildman–Crippen MR) is 45.5 cm³/mol. The minimum atomic E-state index is 0.332. The Kier molecular flexibility index (Phi) is 1.92. The van der Waals surface area contributed by atoms with Crippen molar-refractivity contribution >= 4 is 0 Å². The van der Waals surface area contributed by atoms with E-state index in [2.05, 4.69) is 6.92 Å². The highest BCUT2D eigenvalue weighted by molar-refractivity contribution is 4.92. The Morgan fingerprint density at radius 1 is 1.18 bits per heavy atom. The molecule has 64 valence electrons. The molecule has 1 heteroatoms. The van der Waals surface area contributed by atoms with Gasteiger partial charge in [-0.25, -0.2) is 0 Å². The molecule has 0 bridgehead atoms. The first-order valence-corrected chi connectivity index (χ1v) is 4.97. The zero-order valence-corrected chi connectivity index (χ0v) is 7.44. The third-order valence-corrected chi connectivity index (χ3v) is 3.54. The summed E-state index contributed by atoms with van der Waals surface area (Å²) in [6, 6.07) is 0. The lowest BCUT2D eigenvalue weighted by Crippen LogP contribution is -2.36. The minimum absolute atomic E-state index is 0.332. The third-order valence-electron chi connectivity index (χ3n) is 3.54. The lowest BCUT2D eigenvalue weighted by atomic mass is 9.77. The maximum atomic E-state index is 5.89.